The molecule has 1 aromatic rings. The van der Waals surface area contributed by atoms with Gasteiger partial charge in [-0.25, -0.2) is 0 Å². The lowest BCUT2D eigenvalue weighted by Crippen LogP contribution is -2.33. The van der Waals surface area contributed by atoms with Crippen LogP contribution in [0.3, 0.4) is 0 Å². The fourth-order valence-corrected chi connectivity index (χ4v) is 1.60. The number of rotatable bonds is 6. The molecule has 3 N–H and O–H groups in total. The topological polar surface area (TPSA) is 62.1 Å². The SMILES string of the molecule is CC(CN)CN(C)C(=O)CCc1cc[nH]c1. The number of amides is 1. The van der Waals surface area contributed by atoms with Crippen LogP contribution < -0.4 is 5.73 Å². The van der Waals surface area contributed by atoms with Gasteiger partial charge < -0.3 is 15.6 Å². The molecule has 1 atom stereocenters. The molecule has 0 fully saturated rings. The normalized spacial score (nSPS) is 12.4. The first-order valence-electron chi connectivity index (χ1n) is 5.69. The van der Waals surface area contributed by atoms with Gasteiger partial charge in [0.2, 0.25) is 5.91 Å². The van der Waals surface area contributed by atoms with Crippen LogP contribution in [0.4, 0.5) is 0 Å². The van der Waals surface area contributed by atoms with E-state index >= 15 is 0 Å². The van der Waals surface area contributed by atoms with Crippen molar-refractivity contribution >= 4 is 5.91 Å². The van der Waals surface area contributed by atoms with E-state index in [1.54, 1.807) is 4.90 Å². The molecule has 1 amide bonds. The van der Waals surface area contributed by atoms with Crippen LogP contribution in [0.2, 0.25) is 0 Å². The standard InChI is InChI=1S/C12H21N3O/c1-10(7-13)9-15(2)12(16)4-3-11-5-6-14-8-11/h5-6,8,10,14H,3-4,7,9,13H2,1-2H3. The molecule has 0 bridgehead atoms. The molecular formula is C12H21N3O. The fourth-order valence-electron chi connectivity index (χ4n) is 1.60. The number of nitrogens with two attached hydrogens (primary N) is 1. The van der Waals surface area contributed by atoms with E-state index in [0.717, 1.165) is 13.0 Å². The Labute approximate surface area is 96.8 Å². The van der Waals surface area contributed by atoms with Crippen molar-refractivity contribution in [1.82, 2.24) is 9.88 Å². The molecule has 4 heteroatoms. The number of nitrogens with one attached hydrogen (secondary N) is 1. The smallest absolute Gasteiger partial charge is 0.222 e. The van der Waals surface area contributed by atoms with E-state index in [4.69, 9.17) is 5.73 Å². The first kappa shape index (κ1) is 12.8. The summed E-state index contributed by atoms with van der Waals surface area (Å²) in [6.07, 6.45) is 5.16. The van der Waals surface area contributed by atoms with Gasteiger partial charge in [-0.2, -0.15) is 0 Å². The van der Waals surface area contributed by atoms with Gasteiger partial charge in [0, 0.05) is 32.4 Å². The highest BCUT2D eigenvalue weighted by Gasteiger charge is 2.11. The summed E-state index contributed by atoms with van der Waals surface area (Å²) in [4.78, 5) is 16.5. The fraction of sp³-hybridized carbons (Fsp3) is 0.583. The largest absolute Gasteiger partial charge is 0.367 e. The molecular weight excluding hydrogens is 202 g/mol. The monoisotopic (exact) mass is 223 g/mol. The molecule has 0 saturated carbocycles. The summed E-state index contributed by atoms with van der Waals surface area (Å²) in [6, 6.07) is 2.00. The Balaban J connectivity index is 2.29. The Morgan fingerprint density at radius 1 is 1.62 bits per heavy atom. The predicted octanol–water partition coefficient (Wildman–Crippen LogP) is 1.00. The third kappa shape index (κ3) is 4.06. The predicted molar refractivity (Wildman–Crippen MR) is 65.0 cm³/mol. The number of aromatic nitrogens is 1. The van der Waals surface area contributed by atoms with E-state index in [9.17, 15) is 4.79 Å². The second-order valence-corrected chi connectivity index (χ2v) is 4.33. The Morgan fingerprint density at radius 3 is 2.94 bits per heavy atom. The number of carbonyl (C=O) groups excluding carboxylic acids is 1. The van der Waals surface area contributed by atoms with E-state index < -0.39 is 0 Å². The van der Waals surface area contributed by atoms with Gasteiger partial charge in [0.15, 0.2) is 0 Å². The third-order valence-electron chi connectivity index (χ3n) is 2.70. The van der Waals surface area contributed by atoms with Crippen LogP contribution in [0, 0.1) is 5.92 Å². The zero-order valence-electron chi connectivity index (χ0n) is 10.1. The summed E-state index contributed by atoms with van der Waals surface area (Å²) < 4.78 is 0. The number of hydrogen-bond acceptors (Lipinski definition) is 2. The second kappa shape index (κ2) is 6.33. The van der Waals surface area contributed by atoms with Crippen molar-refractivity contribution in [1.29, 1.82) is 0 Å². The Morgan fingerprint density at radius 2 is 2.38 bits per heavy atom. The highest BCUT2D eigenvalue weighted by molar-refractivity contribution is 5.76. The number of hydrogen-bond donors (Lipinski definition) is 2. The van der Waals surface area contributed by atoms with E-state index in [2.05, 4.69) is 11.9 Å². The van der Waals surface area contributed by atoms with Crippen LogP contribution in [0.5, 0.6) is 0 Å². The van der Waals surface area contributed by atoms with Crippen LogP contribution in [-0.4, -0.2) is 35.9 Å². The van der Waals surface area contributed by atoms with Crippen molar-refractivity contribution in [3.63, 3.8) is 0 Å². The molecule has 0 aliphatic carbocycles. The lowest BCUT2D eigenvalue weighted by Gasteiger charge is -2.20. The van der Waals surface area contributed by atoms with Crippen molar-refractivity contribution in [3.05, 3.63) is 24.0 Å². The molecule has 90 valence electrons. The average molecular weight is 223 g/mol. The molecule has 0 spiro atoms. The molecule has 0 aliphatic rings. The number of aromatic amines is 1. The lowest BCUT2D eigenvalue weighted by molar-refractivity contribution is -0.130. The number of nitrogens with zero attached hydrogens (tertiary/aromatic N) is 1. The molecule has 0 aromatic carbocycles. The molecule has 1 rings (SSSR count). The minimum Gasteiger partial charge on any atom is -0.367 e. The van der Waals surface area contributed by atoms with Crippen molar-refractivity contribution in [2.24, 2.45) is 11.7 Å². The molecule has 0 radical (unpaired) electrons. The molecule has 1 heterocycles. The van der Waals surface area contributed by atoms with Crippen molar-refractivity contribution in [2.75, 3.05) is 20.1 Å². The molecule has 0 aliphatic heterocycles. The summed E-state index contributed by atoms with van der Waals surface area (Å²) in [7, 11) is 1.84. The van der Waals surface area contributed by atoms with Gasteiger partial charge in [0.1, 0.15) is 0 Å². The van der Waals surface area contributed by atoms with Crippen molar-refractivity contribution < 1.29 is 4.79 Å². The molecule has 1 unspecified atom stereocenters. The lowest BCUT2D eigenvalue weighted by atomic mass is 10.1. The summed E-state index contributed by atoms with van der Waals surface area (Å²) in [6.45, 7) is 3.41. The average Bonchev–Trinajstić information content (AvgIpc) is 2.78. The molecule has 0 saturated heterocycles. The van der Waals surface area contributed by atoms with Gasteiger partial charge >= 0.3 is 0 Å². The number of aryl methyl sites for hydroxylation is 1. The van der Waals surface area contributed by atoms with Gasteiger partial charge in [0.25, 0.3) is 0 Å². The first-order valence-corrected chi connectivity index (χ1v) is 5.69. The van der Waals surface area contributed by atoms with E-state index in [-0.39, 0.29) is 5.91 Å². The minimum atomic E-state index is 0.182. The van der Waals surface area contributed by atoms with Gasteiger partial charge in [0.05, 0.1) is 0 Å². The maximum absolute atomic E-state index is 11.8. The van der Waals surface area contributed by atoms with Crippen LogP contribution in [-0.2, 0) is 11.2 Å². The van der Waals surface area contributed by atoms with Crippen LogP contribution >= 0.6 is 0 Å². The second-order valence-electron chi connectivity index (χ2n) is 4.33. The zero-order chi connectivity index (χ0) is 12.0. The minimum absolute atomic E-state index is 0.182. The number of carbonyl (C=O) groups is 1. The van der Waals surface area contributed by atoms with E-state index in [1.165, 1.54) is 5.56 Å². The van der Waals surface area contributed by atoms with Crippen molar-refractivity contribution in [2.45, 2.75) is 19.8 Å². The molecule has 4 nitrogen and oxygen atoms in total. The highest BCUT2D eigenvalue weighted by Crippen LogP contribution is 2.04. The molecule has 1 aromatic heterocycles. The highest BCUT2D eigenvalue weighted by atomic mass is 16.2. The van der Waals surface area contributed by atoms with Gasteiger partial charge in [-0.15, -0.1) is 0 Å². The Kier molecular flexibility index (Phi) is 5.05. The summed E-state index contributed by atoms with van der Waals surface area (Å²) >= 11 is 0. The quantitative estimate of drug-likeness (QED) is 0.755. The third-order valence-corrected chi connectivity index (χ3v) is 2.70. The van der Waals surface area contributed by atoms with E-state index in [0.29, 0.717) is 18.9 Å². The van der Waals surface area contributed by atoms with Crippen LogP contribution in [0.1, 0.15) is 18.9 Å². The van der Waals surface area contributed by atoms with Crippen LogP contribution in [0.25, 0.3) is 0 Å². The van der Waals surface area contributed by atoms with Crippen molar-refractivity contribution in [3.8, 4) is 0 Å². The van der Waals surface area contributed by atoms with Gasteiger partial charge in [-0.05, 0) is 30.5 Å². The number of H-pyrrole nitrogens is 1. The van der Waals surface area contributed by atoms with Gasteiger partial charge in [-0.1, -0.05) is 6.92 Å². The first-order chi connectivity index (χ1) is 7.63. The van der Waals surface area contributed by atoms with Crippen LogP contribution in [0.15, 0.2) is 18.5 Å². The Hall–Kier alpha value is -1.29. The summed E-state index contributed by atoms with van der Waals surface area (Å²) in [5.41, 5.74) is 6.70. The van der Waals surface area contributed by atoms with Gasteiger partial charge in [-0.3, -0.25) is 4.79 Å². The molecule has 16 heavy (non-hydrogen) atoms. The zero-order valence-corrected chi connectivity index (χ0v) is 10.1. The maximum Gasteiger partial charge on any atom is 0.222 e. The summed E-state index contributed by atoms with van der Waals surface area (Å²) in [5, 5.41) is 0. The van der Waals surface area contributed by atoms with E-state index in [1.807, 2.05) is 25.5 Å². The summed E-state index contributed by atoms with van der Waals surface area (Å²) in [5.74, 6) is 0.544. The Bertz CT molecular complexity index is 308. The maximum atomic E-state index is 11.8.